The molecule has 12 N–H and O–H groups in total. The molecule has 3 aliphatic rings. The van der Waals surface area contributed by atoms with E-state index in [9.17, 15) is 61.0 Å². The Bertz CT molecular complexity index is 1650. The average Bonchev–Trinajstić information content (AvgIpc) is 3.72. The van der Waals surface area contributed by atoms with Gasteiger partial charge < -0.3 is 89.9 Å². The van der Waals surface area contributed by atoms with Gasteiger partial charge in [-0.15, -0.1) is 0 Å². The van der Waals surface area contributed by atoms with Crippen molar-refractivity contribution in [3.63, 3.8) is 0 Å². The first-order valence-electron chi connectivity index (χ1n) is 35.9. The summed E-state index contributed by atoms with van der Waals surface area (Å²) in [4.78, 5) is 13.4. The highest BCUT2D eigenvalue weighted by Crippen LogP contribution is 2.33. The van der Waals surface area contributed by atoms with Gasteiger partial charge >= 0.3 is 0 Å². The summed E-state index contributed by atoms with van der Waals surface area (Å²) in [5, 5.41) is 121. The number of amides is 1. The highest BCUT2D eigenvalue weighted by Gasteiger charge is 2.53. The summed E-state index contributed by atoms with van der Waals surface area (Å²) >= 11 is 0. The number of aliphatic hydroxyl groups is 11. The Hall–Kier alpha value is -1.47. The van der Waals surface area contributed by atoms with Gasteiger partial charge in [0.05, 0.1) is 38.6 Å². The van der Waals surface area contributed by atoms with Crippen LogP contribution in [0.15, 0.2) is 12.2 Å². The normalized spacial score (nSPS) is 28.4. The van der Waals surface area contributed by atoms with E-state index in [2.05, 4.69) is 31.3 Å². The van der Waals surface area contributed by atoms with Gasteiger partial charge in [-0.2, -0.15) is 0 Å². The van der Waals surface area contributed by atoms with Gasteiger partial charge in [-0.05, 0) is 38.5 Å². The van der Waals surface area contributed by atoms with Crippen molar-refractivity contribution in [2.24, 2.45) is 0 Å². The first-order valence-corrected chi connectivity index (χ1v) is 35.9. The summed E-state index contributed by atoms with van der Waals surface area (Å²) in [7, 11) is 0. The van der Waals surface area contributed by atoms with Crippen LogP contribution in [0.1, 0.15) is 290 Å². The van der Waals surface area contributed by atoms with E-state index in [1.54, 1.807) is 0 Å². The van der Waals surface area contributed by atoms with Crippen molar-refractivity contribution in [2.75, 3.05) is 26.4 Å². The number of unbranched alkanes of at least 4 members (excludes halogenated alkanes) is 38. The molecule has 3 heterocycles. The van der Waals surface area contributed by atoms with Crippen LogP contribution in [0.3, 0.4) is 0 Å². The first kappa shape index (κ1) is 80.8. The van der Waals surface area contributed by atoms with Crippen molar-refractivity contribution >= 4 is 5.91 Å². The monoisotopic (exact) mass is 1260 g/mol. The Morgan fingerprint density at radius 2 is 0.716 bits per heavy atom. The number of hydrogen-bond acceptors (Lipinski definition) is 18. The molecule has 0 aromatic carbocycles. The van der Waals surface area contributed by atoms with E-state index in [0.29, 0.717) is 12.8 Å². The van der Waals surface area contributed by atoms with Gasteiger partial charge in [0.2, 0.25) is 5.91 Å². The fraction of sp³-hybridized carbons (Fsp3) is 0.957. The van der Waals surface area contributed by atoms with Crippen molar-refractivity contribution in [1.29, 1.82) is 0 Å². The maximum atomic E-state index is 13.4. The Morgan fingerprint density at radius 3 is 1.10 bits per heavy atom. The number of carbonyl (C=O) groups excluding carboxylic acids is 1. The van der Waals surface area contributed by atoms with E-state index in [1.807, 2.05) is 0 Å². The molecule has 3 saturated heterocycles. The summed E-state index contributed by atoms with van der Waals surface area (Å²) in [5.41, 5.74) is 0. The first-order chi connectivity index (χ1) is 42.8. The van der Waals surface area contributed by atoms with E-state index in [1.165, 1.54) is 199 Å². The van der Waals surface area contributed by atoms with Gasteiger partial charge in [0, 0.05) is 6.42 Å². The molecule has 0 saturated carbocycles. The molecule has 17 unspecified atom stereocenters. The molecule has 0 radical (unpaired) electrons. The van der Waals surface area contributed by atoms with Crippen LogP contribution in [0, 0.1) is 0 Å². The lowest BCUT2D eigenvalue weighted by molar-refractivity contribution is -0.379. The smallest absolute Gasteiger partial charge is 0.220 e. The van der Waals surface area contributed by atoms with Crippen LogP contribution in [0.4, 0.5) is 0 Å². The molecule has 19 heteroatoms. The summed E-state index contributed by atoms with van der Waals surface area (Å²) in [6, 6.07) is -0.887. The molecule has 0 spiro atoms. The summed E-state index contributed by atoms with van der Waals surface area (Å²) in [5.74, 6) is -0.243. The third-order valence-corrected chi connectivity index (χ3v) is 18.3. The molecule has 88 heavy (non-hydrogen) atoms. The van der Waals surface area contributed by atoms with Crippen molar-refractivity contribution in [2.45, 2.75) is 394 Å². The van der Waals surface area contributed by atoms with Gasteiger partial charge in [0.1, 0.15) is 73.2 Å². The van der Waals surface area contributed by atoms with E-state index in [-0.39, 0.29) is 18.9 Å². The third-order valence-electron chi connectivity index (χ3n) is 18.3. The Balaban J connectivity index is 1.42. The van der Waals surface area contributed by atoms with Gasteiger partial charge in [-0.3, -0.25) is 4.79 Å². The zero-order valence-electron chi connectivity index (χ0n) is 55.0. The van der Waals surface area contributed by atoms with E-state index in [0.717, 1.165) is 57.8 Å². The van der Waals surface area contributed by atoms with Crippen LogP contribution in [0.25, 0.3) is 0 Å². The lowest BCUT2D eigenvalue weighted by atomic mass is 9.96. The quantitative estimate of drug-likeness (QED) is 0.0199. The number of hydrogen-bond donors (Lipinski definition) is 12. The number of nitrogens with one attached hydrogen (secondary N) is 1. The number of aliphatic hydroxyl groups excluding tert-OH is 11. The molecule has 0 aliphatic carbocycles. The maximum absolute atomic E-state index is 13.4. The second-order valence-electron chi connectivity index (χ2n) is 26.1. The van der Waals surface area contributed by atoms with Gasteiger partial charge in [-0.1, -0.05) is 257 Å². The fourth-order valence-corrected chi connectivity index (χ4v) is 12.5. The largest absolute Gasteiger partial charge is 0.394 e. The van der Waals surface area contributed by atoms with Crippen molar-refractivity contribution < 1.29 is 89.4 Å². The molecule has 3 aliphatic heterocycles. The lowest BCUT2D eigenvalue weighted by Crippen LogP contribution is -2.66. The number of carbonyl (C=O) groups is 1. The number of allylic oxidation sites excluding steroid dienone is 2. The molecular weight excluding hydrogens is 1130 g/mol. The molecule has 520 valence electrons. The van der Waals surface area contributed by atoms with Crippen LogP contribution >= 0.6 is 0 Å². The highest BCUT2D eigenvalue weighted by atomic mass is 16.8. The van der Waals surface area contributed by atoms with E-state index >= 15 is 0 Å². The molecule has 3 fully saturated rings. The molecular formula is C69H131NO18. The maximum Gasteiger partial charge on any atom is 0.220 e. The summed E-state index contributed by atoms with van der Waals surface area (Å²) in [6.07, 6.45) is 30.0. The van der Waals surface area contributed by atoms with Crippen LogP contribution < -0.4 is 5.32 Å². The molecule has 0 aromatic heterocycles. The third kappa shape index (κ3) is 33.6. The number of rotatable bonds is 56. The predicted octanol–water partition coefficient (Wildman–Crippen LogP) is 9.67. The number of ether oxygens (including phenoxy) is 6. The Kier molecular flexibility index (Phi) is 47.6. The zero-order chi connectivity index (χ0) is 64.0. The topological polar surface area (TPSA) is 307 Å². The molecule has 0 bridgehead atoms. The lowest BCUT2D eigenvalue weighted by Gasteiger charge is -2.48. The van der Waals surface area contributed by atoms with Crippen LogP contribution in [0.2, 0.25) is 0 Å². The Labute approximate surface area is 531 Å². The van der Waals surface area contributed by atoms with Crippen LogP contribution in [-0.2, 0) is 33.2 Å². The summed E-state index contributed by atoms with van der Waals surface area (Å²) < 4.78 is 34.4. The zero-order valence-corrected chi connectivity index (χ0v) is 55.0. The molecule has 17 atom stereocenters. The van der Waals surface area contributed by atoms with Crippen molar-refractivity contribution in [3.8, 4) is 0 Å². The molecule has 1 amide bonds. The van der Waals surface area contributed by atoms with E-state index in [4.69, 9.17) is 28.4 Å². The SMILES string of the molecule is CCCCCCCCC/C=C\CCCCCCCCCC(=O)NC(COC1OC(CO)C(OC2OC(CO)C(OC3OC(CO)C(O)C(O)C3O)C(O)C2O)C(O)C1O)C(O)CCCCCCCCCCCCCCCCCCCCCCCCCCC. The minimum atomic E-state index is -1.97. The highest BCUT2D eigenvalue weighted by molar-refractivity contribution is 5.76. The minimum absolute atomic E-state index is 0.243. The van der Waals surface area contributed by atoms with Gasteiger partial charge in [0.15, 0.2) is 18.9 Å². The predicted molar refractivity (Wildman–Crippen MR) is 342 cm³/mol. The van der Waals surface area contributed by atoms with Crippen LogP contribution in [-0.4, -0.2) is 193 Å². The minimum Gasteiger partial charge on any atom is -0.394 e. The van der Waals surface area contributed by atoms with Crippen molar-refractivity contribution in [3.05, 3.63) is 12.2 Å². The fourth-order valence-electron chi connectivity index (χ4n) is 12.5. The van der Waals surface area contributed by atoms with Gasteiger partial charge in [0.25, 0.3) is 0 Å². The average molecular weight is 1260 g/mol. The molecule has 0 aromatic rings. The second-order valence-corrected chi connectivity index (χ2v) is 26.1. The Morgan fingerprint density at radius 1 is 0.398 bits per heavy atom. The molecule has 19 nitrogen and oxygen atoms in total. The van der Waals surface area contributed by atoms with E-state index < -0.39 is 124 Å². The van der Waals surface area contributed by atoms with Crippen molar-refractivity contribution in [1.82, 2.24) is 5.32 Å². The summed E-state index contributed by atoms with van der Waals surface area (Å²) in [6.45, 7) is 1.83. The van der Waals surface area contributed by atoms with Gasteiger partial charge in [-0.25, -0.2) is 0 Å². The van der Waals surface area contributed by atoms with Crippen LogP contribution in [0.5, 0.6) is 0 Å². The molecule has 3 rings (SSSR count). The standard InChI is InChI=1S/C69H131NO18/c1-3-5-7-9-11-13-15-17-19-21-23-24-25-26-27-28-29-30-32-34-36-38-40-42-44-46-53(74)52(70-57(75)47-45-43-41-39-37-35-33-31-22-20-18-16-14-12-10-8-6-4-2)51-83-67-63(81)60(78)65(55(49-72)85-67)88-69-64(82)61(79)66(56(50-73)86-69)87-68-62(80)59(77)58(76)54(48-71)84-68/h20,22,52-56,58-69,71-74,76-82H,3-19,21,23-51H2,1-2H3,(H,70,75)/b22-20-. The second kappa shape index (κ2) is 51.9.